The molecule has 0 bridgehead atoms. The van der Waals surface area contributed by atoms with E-state index in [0.717, 1.165) is 55.6 Å². The van der Waals surface area contributed by atoms with Crippen LogP contribution in [0.4, 0.5) is 4.39 Å². The molecule has 0 fully saturated rings. The van der Waals surface area contributed by atoms with Crippen molar-refractivity contribution in [3.63, 3.8) is 0 Å². The molecule has 9 rings (SSSR count). The third-order valence-electron chi connectivity index (χ3n) is 11.2. The van der Waals surface area contributed by atoms with Gasteiger partial charge in [0.05, 0.1) is 16.9 Å². The molecule has 0 saturated carbocycles. The number of thiophene rings is 1. The molecule has 0 aliphatic rings. The van der Waals surface area contributed by atoms with Crippen LogP contribution in [0.1, 0.15) is 70.1 Å². The van der Waals surface area contributed by atoms with Crippen molar-refractivity contribution in [1.29, 1.82) is 0 Å². The van der Waals surface area contributed by atoms with Gasteiger partial charge in [-0.25, -0.2) is 4.98 Å². The van der Waals surface area contributed by atoms with E-state index in [9.17, 15) is 4.39 Å². The summed E-state index contributed by atoms with van der Waals surface area (Å²) in [6, 6.07) is 48.0. The monoisotopic (exact) mass is 1080 g/mol. The van der Waals surface area contributed by atoms with E-state index in [-0.39, 0.29) is 31.9 Å². The Balaban J connectivity index is 0.000000233. The summed E-state index contributed by atoms with van der Waals surface area (Å²) in [6.07, 6.45) is 3.27. The standard InChI is InChI=1S/C36H29FN3S.C18H24GeN.Ir/c1-21(2)28-19-24(23-11-6-5-7-12-23)20-29(22(3)4)33(28)40-31-16-9-8-15-30(31)38-35(40)27-14-10-13-25-26-17-18-32(37)39-36(26)41-34(25)27;1-14(2)11-16-12-18(15-9-7-6-8-10-15)20-13-17(16)19(3,4)5;/h5-13,15-22H,1-4H3;6-9,12-14H,11H2,1-5H3;/q2*-1;. The summed E-state index contributed by atoms with van der Waals surface area (Å²) < 4.78 is 19.0. The quantitative estimate of drug-likeness (QED) is 0.0822. The number of imidazole rings is 1. The molecule has 4 aromatic heterocycles. The summed E-state index contributed by atoms with van der Waals surface area (Å²) in [5.41, 5.74) is 12.7. The van der Waals surface area contributed by atoms with E-state index in [1.165, 1.54) is 50.9 Å². The zero-order valence-electron chi connectivity index (χ0n) is 37.0. The molecule has 317 valence electrons. The Morgan fingerprint density at radius 3 is 2.06 bits per heavy atom. The number of hydrogen-bond acceptors (Lipinski definition) is 4. The van der Waals surface area contributed by atoms with E-state index < -0.39 is 19.2 Å². The molecular weight excluding hydrogens is 1020 g/mol. The second-order valence-electron chi connectivity index (χ2n) is 18.0. The predicted octanol–water partition coefficient (Wildman–Crippen LogP) is 14.6. The molecule has 9 aromatic rings. The van der Waals surface area contributed by atoms with Crippen LogP contribution in [0.15, 0.2) is 128 Å². The van der Waals surface area contributed by atoms with Crippen molar-refractivity contribution in [3.8, 4) is 39.5 Å². The van der Waals surface area contributed by atoms with Crippen LogP contribution in [0, 0.1) is 24.0 Å². The molecule has 8 heteroatoms. The molecule has 62 heavy (non-hydrogen) atoms. The first-order chi connectivity index (χ1) is 29.3. The van der Waals surface area contributed by atoms with E-state index in [2.05, 4.69) is 159 Å². The van der Waals surface area contributed by atoms with Gasteiger partial charge >= 0.3 is 126 Å². The van der Waals surface area contributed by atoms with Gasteiger partial charge in [0.1, 0.15) is 4.83 Å². The normalized spacial score (nSPS) is 11.8. The number of fused-ring (bicyclic) bond motifs is 4. The third kappa shape index (κ3) is 9.28. The van der Waals surface area contributed by atoms with Gasteiger partial charge in [-0.3, -0.25) is 4.98 Å². The summed E-state index contributed by atoms with van der Waals surface area (Å²) in [7, 11) is 0. The van der Waals surface area contributed by atoms with E-state index in [1.54, 1.807) is 4.40 Å². The minimum absolute atomic E-state index is 0. The summed E-state index contributed by atoms with van der Waals surface area (Å²) >= 11 is -0.362. The van der Waals surface area contributed by atoms with Crippen molar-refractivity contribution in [2.24, 2.45) is 5.92 Å². The Labute approximate surface area is 386 Å². The van der Waals surface area contributed by atoms with Crippen LogP contribution in [0.2, 0.25) is 17.3 Å². The second kappa shape index (κ2) is 18.9. The fourth-order valence-corrected chi connectivity index (χ4v) is 12.8. The molecular formula is C54H53FGeIrN4S-2. The zero-order valence-corrected chi connectivity index (χ0v) is 42.3. The number of nitrogens with zero attached hydrogens (tertiary/aromatic N) is 4. The van der Waals surface area contributed by atoms with Gasteiger partial charge in [0.2, 0.25) is 5.95 Å². The van der Waals surface area contributed by atoms with Gasteiger partial charge in [0.15, 0.2) is 0 Å². The average Bonchev–Trinajstić information content (AvgIpc) is 3.81. The third-order valence-corrected chi connectivity index (χ3v) is 16.7. The molecule has 5 aromatic carbocycles. The average molecular weight is 1070 g/mol. The first-order valence-corrected chi connectivity index (χ1v) is 29.5. The molecule has 0 amide bonds. The Kier molecular flexibility index (Phi) is 13.8. The van der Waals surface area contributed by atoms with Gasteiger partial charge < -0.3 is 4.57 Å². The number of hydrogen-bond donors (Lipinski definition) is 0. The number of rotatable bonds is 9. The van der Waals surface area contributed by atoms with Crippen LogP contribution in [0.3, 0.4) is 0 Å². The number of halogens is 1. The molecule has 0 saturated heterocycles. The molecule has 1 radical (unpaired) electrons. The van der Waals surface area contributed by atoms with Gasteiger partial charge in [-0.2, -0.15) is 15.7 Å². The van der Waals surface area contributed by atoms with Crippen LogP contribution in [-0.4, -0.2) is 32.8 Å². The second-order valence-corrected chi connectivity index (χ2v) is 29.5. The SMILES string of the molecule is CC(C)Cc1cc(-c2[c-]cccc2)nc[c]1[Ge]([CH3])([CH3])[CH3].CC(C)c1cc(-c2ccccc2)cc(C(C)C)c1-n1c(-c2[c-]ccc3c2sc2nc(F)ccc23)nc2ccccc21.[Ir]. The van der Waals surface area contributed by atoms with Gasteiger partial charge in [-0.1, -0.05) is 81.1 Å². The van der Waals surface area contributed by atoms with E-state index in [4.69, 9.17) is 9.97 Å². The zero-order chi connectivity index (χ0) is 43.0. The number of aromatic nitrogens is 4. The Morgan fingerprint density at radius 2 is 1.40 bits per heavy atom. The van der Waals surface area contributed by atoms with E-state index >= 15 is 0 Å². The van der Waals surface area contributed by atoms with Gasteiger partial charge in [0, 0.05) is 31.2 Å². The fraction of sp³-hybridized carbons (Fsp3) is 0.241. The number of benzene rings is 5. The van der Waals surface area contributed by atoms with Crippen molar-refractivity contribution in [2.75, 3.05) is 0 Å². The molecule has 4 heterocycles. The largest absolute Gasteiger partial charge is 0.333 e. The Hall–Kier alpha value is -4.79. The van der Waals surface area contributed by atoms with Crippen molar-refractivity contribution >= 4 is 60.3 Å². The van der Waals surface area contributed by atoms with Gasteiger partial charge in [0.25, 0.3) is 0 Å². The maximum atomic E-state index is 14.1. The first kappa shape index (κ1) is 45.2. The van der Waals surface area contributed by atoms with Crippen molar-refractivity contribution in [1.82, 2.24) is 19.5 Å². The molecule has 4 nitrogen and oxygen atoms in total. The van der Waals surface area contributed by atoms with Crippen molar-refractivity contribution in [3.05, 3.63) is 162 Å². The Morgan fingerprint density at radius 1 is 0.710 bits per heavy atom. The summed E-state index contributed by atoms with van der Waals surface area (Å²) in [5, 5.41) is 1.99. The number of pyridine rings is 2. The summed E-state index contributed by atoms with van der Waals surface area (Å²) in [6.45, 7) is 13.6. The maximum Gasteiger partial charge on any atom is 0.214 e. The van der Waals surface area contributed by atoms with Crippen LogP contribution in [0.25, 0.3) is 70.8 Å². The summed E-state index contributed by atoms with van der Waals surface area (Å²) in [4.78, 5) is 14.8. The maximum absolute atomic E-state index is 14.1. The van der Waals surface area contributed by atoms with Crippen molar-refractivity contribution < 1.29 is 24.5 Å². The van der Waals surface area contributed by atoms with Crippen LogP contribution >= 0.6 is 11.3 Å². The Bertz CT molecular complexity index is 2960. The van der Waals surface area contributed by atoms with Gasteiger partial charge in [-0.05, 0) is 75.2 Å². The minimum atomic E-state index is -1.86. The molecule has 0 aliphatic heterocycles. The molecule has 0 N–H and O–H groups in total. The van der Waals surface area contributed by atoms with Crippen LogP contribution in [-0.2, 0) is 26.5 Å². The van der Waals surface area contributed by atoms with Crippen molar-refractivity contribution in [2.45, 2.75) is 77.1 Å². The van der Waals surface area contributed by atoms with E-state index in [0.29, 0.717) is 10.7 Å². The fourth-order valence-electron chi connectivity index (χ4n) is 8.28. The predicted molar refractivity (Wildman–Crippen MR) is 260 cm³/mol. The molecule has 0 atom stereocenters. The van der Waals surface area contributed by atoms with Crippen LogP contribution in [0.5, 0.6) is 0 Å². The number of para-hydroxylation sites is 2. The molecule has 0 unspecified atom stereocenters. The van der Waals surface area contributed by atoms with Gasteiger partial charge in [-0.15, -0.1) is 18.2 Å². The molecule has 0 spiro atoms. The molecule has 0 aliphatic carbocycles. The topological polar surface area (TPSA) is 43.6 Å². The van der Waals surface area contributed by atoms with E-state index in [1.807, 2.05) is 42.5 Å². The summed E-state index contributed by atoms with van der Waals surface area (Å²) in [5.74, 6) is 8.91. The minimum Gasteiger partial charge on any atom is -0.333 e. The van der Waals surface area contributed by atoms with Crippen LogP contribution < -0.4 is 4.40 Å². The first-order valence-electron chi connectivity index (χ1n) is 21.4. The smallest absolute Gasteiger partial charge is 0.214 e.